The van der Waals surface area contributed by atoms with E-state index >= 15 is 0 Å². The zero-order valence-corrected chi connectivity index (χ0v) is 8.20. The van der Waals surface area contributed by atoms with Gasteiger partial charge in [-0.2, -0.15) is 0 Å². The summed E-state index contributed by atoms with van der Waals surface area (Å²) in [7, 11) is 1.48. The quantitative estimate of drug-likeness (QED) is 0.757. The average Bonchev–Trinajstić information content (AvgIpc) is 2.16. The maximum absolute atomic E-state index is 10.6. The monoisotopic (exact) mass is 195 g/mol. The summed E-state index contributed by atoms with van der Waals surface area (Å²) >= 11 is 0. The van der Waals surface area contributed by atoms with E-state index in [4.69, 9.17) is 4.74 Å². The second kappa shape index (κ2) is 4.50. The third-order valence-electron chi connectivity index (χ3n) is 1.79. The summed E-state index contributed by atoms with van der Waals surface area (Å²) in [4.78, 5) is 10.6. The van der Waals surface area contributed by atoms with E-state index in [0.29, 0.717) is 12.3 Å². The van der Waals surface area contributed by atoms with Crippen molar-refractivity contribution in [3.8, 4) is 11.5 Å². The van der Waals surface area contributed by atoms with Gasteiger partial charge in [-0.25, -0.2) is 0 Å². The number of ether oxygens (including phenoxy) is 1. The highest BCUT2D eigenvalue weighted by molar-refractivity contribution is 5.72. The first-order valence-corrected chi connectivity index (χ1v) is 4.24. The molecule has 4 heteroatoms. The Balaban J connectivity index is 2.74. The number of carbonyl (C=O) groups excluding carboxylic acids is 1. The fourth-order valence-electron chi connectivity index (χ4n) is 1.06. The van der Waals surface area contributed by atoms with Crippen LogP contribution in [-0.4, -0.2) is 18.1 Å². The number of methoxy groups -OCH3 is 1. The molecule has 0 unspecified atom stereocenters. The third-order valence-corrected chi connectivity index (χ3v) is 1.79. The van der Waals surface area contributed by atoms with E-state index in [2.05, 4.69) is 5.32 Å². The SMILES string of the molecule is COc1cc(CNC(C)=O)ccc1O. The minimum atomic E-state index is -0.0861. The first-order chi connectivity index (χ1) is 6.63. The van der Waals surface area contributed by atoms with Crippen molar-refractivity contribution in [3.05, 3.63) is 23.8 Å². The van der Waals surface area contributed by atoms with Crippen LogP contribution in [0.5, 0.6) is 11.5 Å². The number of phenols is 1. The van der Waals surface area contributed by atoms with Crippen molar-refractivity contribution in [2.75, 3.05) is 7.11 Å². The molecule has 1 aromatic carbocycles. The summed E-state index contributed by atoms with van der Waals surface area (Å²) in [5, 5.41) is 12.0. The number of hydrogen-bond acceptors (Lipinski definition) is 3. The summed E-state index contributed by atoms with van der Waals surface area (Å²) in [5.74, 6) is 0.420. The van der Waals surface area contributed by atoms with Gasteiger partial charge >= 0.3 is 0 Å². The van der Waals surface area contributed by atoms with Crippen LogP contribution in [0.4, 0.5) is 0 Å². The largest absolute Gasteiger partial charge is 0.504 e. The summed E-state index contributed by atoms with van der Waals surface area (Å²) in [6, 6.07) is 4.95. The molecule has 0 aliphatic heterocycles. The summed E-state index contributed by atoms with van der Waals surface area (Å²) in [6.45, 7) is 1.89. The predicted octanol–water partition coefficient (Wildman–Crippen LogP) is 1.04. The lowest BCUT2D eigenvalue weighted by Gasteiger charge is -2.06. The first-order valence-electron chi connectivity index (χ1n) is 4.24. The molecule has 0 fully saturated rings. The lowest BCUT2D eigenvalue weighted by Crippen LogP contribution is -2.18. The van der Waals surface area contributed by atoms with Crippen molar-refractivity contribution in [2.24, 2.45) is 0 Å². The lowest BCUT2D eigenvalue weighted by molar-refractivity contribution is -0.119. The van der Waals surface area contributed by atoms with Crippen LogP contribution < -0.4 is 10.1 Å². The number of phenolic OH excluding ortho intramolecular Hbond substituents is 1. The zero-order chi connectivity index (χ0) is 10.6. The maximum atomic E-state index is 10.6. The van der Waals surface area contributed by atoms with E-state index in [9.17, 15) is 9.90 Å². The van der Waals surface area contributed by atoms with Gasteiger partial charge in [0.1, 0.15) is 0 Å². The van der Waals surface area contributed by atoms with Gasteiger partial charge < -0.3 is 15.2 Å². The smallest absolute Gasteiger partial charge is 0.217 e. The molecule has 1 rings (SSSR count). The number of benzene rings is 1. The Bertz CT molecular complexity index is 336. The molecule has 0 saturated heterocycles. The second-order valence-electron chi connectivity index (χ2n) is 2.92. The minimum absolute atomic E-state index is 0.0861. The fraction of sp³-hybridized carbons (Fsp3) is 0.300. The van der Waals surface area contributed by atoms with Crippen LogP contribution in [0.3, 0.4) is 0 Å². The fourth-order valence-corrected chi connectivity index (χ4v) is 1.06. The number of carbonyl (C=O) groups is 1. The highest BCUT2D eigenvalue weighted by Crippen LogP contribution is 2.25. The van der Waals surface area contributed by atoms with Gasteiger partial charge in [0.15, 0.2) is 11.5 Å². The normalized spacial score (nSPS) is 9.57. The van der Waals surface area contributed by atoms with Gasteiger partial charge in [0.05, 0.1) is 7.11 Å². The van der Waals surface area contributed by atoms with Crippen molar-refractivity contribution >= 4 is 5.91 Å². The molecular formula is C10H13NO3. The van der Waals surface area contributed by atoms with Crippen molar-refractivity contribution in [2.45, 2.75) is 13.5 Å². The summed E-state index contributed by atoms with van der Waals surface area (Å²) < 4.78 is 4.93. The van der Waals surface area contributed by atoms with E-state index in [1.807, 2.05) is 0 Å². The van der Waals surface area contributed by atoms with E-state index in [1.165, 1.54) is 20.1 Å². The highest BCUT2D eigenvalue weighted by Gasteiger charge is 2.02. The zero-order valence-electron chi connectivity index (χ0n) is 8.20. The number of hydrogen-bond donors (Lipinski definition) is 2. The van der Waals surface area contributed by atoms with Crippen molar-refractivity contribution in [3.63, 3.8) is 0 Å². The van der Waals surface area contributed by atoms with Crippen LogP contribution in [0.25, 0.3) is 0 Å². The number of rotatable bonds is 3. The van der Waals surface area contributed by atoms with E-state index in [1.54, 1.807) is 12.1 Å². The van der Waals surface area contributed by atoms with E-state index < -0.39 is 0 Å². The van der Waals surface area contributed by atoms with Gasteiger partial charge in [-0.1, -0.05) is 6.07 Å². The Kier molecular flexibility index (Phi) is 3.34. The van der Waals surface area contributed by atoms with E-state index in [0.717, 1.165) is 5.56 Å². The summed E-state index contributed by atoms with van der Waals surface area (Å²) in [6.07, 6.45) is 0. The maximum Gasteiger partial charge on any atom is 0.217 e. The third kappa shape index (κ3) is 2.65. The number of nitrogens with one attached hydrogen (secondary N) is 1. The van der Waals surface area contributed by atoms with Gasteiger partial charge in [-0.05, 0) is 17.7 Å². The van der Waals surface area contributed by atoms with Crippen molar-refractivity contribution < 1.29 is 14.6 Å². The molecule has 1 aromatic rings. The first kappa shape index (κ1) is 10.4. The molecule has 0 aromatic heterocycles. The van der Waals surface area contributed by atoms with Crippen LogP contribution in [0.2, 0.25) is 0 Å². The molecule has 14 heavy (non-hydrogen) atoms. The molecule has 2 N–H and O–H groups in total. The van der Waals surface area contributed by atoms with Crippen LogP contribution in [0.15, 0.2) is 18.2 Å². The number of aromatic hydroxyl groups is 1. The Hall–Kier alpha value is -1.71. The van der Waals surface area contributed by atoms with E-state index in [-0.39, 0.29) is 11.7 Å². The van der Waals surface area contributed by atoms with Gasteiger partial charge in [0.2, 0.25) is 5.91 Å². The Morgan fingerprint density at radius 3 is 2.86 bits per heavy atom. The average molecular weight is 195 g/mol. The lowest BCUT2D eigenvalue weighted by atomic mass is 10.2. The second-order valence-corrected chi connectivity index (χ2v) is 2.92. The molecule has 0 radical (unpaired) electrons. The van der Waals surface area contributed by atoms with Gasteiger partial charge in [0, 0.05) is 13.5 Å². The minimum Gasteiger partial charge on any atom is -0.504 e. The van der Waals surface area contributed by atoms with Crippen LogP contribution in [0, 0.1) is 0 Å². The Labute approximate surface area is 82.5 Å². The Morgan fingerprint density at radius 1 is 1.57 bits per heavy atom. The summed E-state index contributed by atoms with van der Waals surface area (Å²) in [5.41, 5.74) is 0.884. The van der Waals surface area contributed by atoms with Gasteiger partial charge in [-0.3, -0.25) is 4.79 Å². The molecule has 4 nitrogen and oxygen atoms in total. The highest BCUT2D eigenvalue weighted by atomic mass is 16.5. The number of amides is 1. The van der Waals surface area contributed by atoms with Crippen LogP contribution in [0.1, 0.15) is 12.5 Å². The molecule has 0 spiro atoms. The molecule has 0 atom stereocenters. The van der Waals surface area contributed by atoms with Gasteiger partial charge in [0.25, 0.3) is 0 Å². The standard InChI is InChI=1S/C10H13NO3/c1-7(12)11-6-8-3-4-9(13)10(5-8)14-2/h3-5,13H,6H2,1-2H3,(H,11,12). The van der Waals surface area contributed by atoms with Crippen molar-refractivity contribution in [1.82, 2.24) is 5.32 Å². The van der Waals surface area contributed by atoms with Crippen molar-refractivity contribution in [1.29, 1.82) is 0 Å². The molecular weight excluding hydrogens is 182 g/mol. The van der Waals surface area contributed by atoms with Crippen LogP contribution >= 0.6 is 0 Å². The molecule has 1 amide bonds. The molecule has 0 heterocycles. The molecule has 76 valence electrons. The molecule has 0 aliphatic carbocycles. The topological polar surface area (TPSA) is 58.6 Å². The molecule has 0 saturated carbocycles. The molecule has 0 bridgehead atoms. The predicted molar refractivity (Wildman–Crippen MR) is 52.2 cm³/mol. The molecule has 0 aliphatic rings. The van der Waals surface area contributed by atoms with Gasteiger partial charge in [-0.15, -0.1) is 0 Å². The van der Waals surface area contributed by atoms with Crippen LogP contribution in [-0.2, 0) is 11.3 Å². The Morgan fingerprint density at radius 2 is 2.29 bits per heavy atom.